The maximum Gasteiger partial charge on any atom is 0.296 e. The molecule has 1 heterocycles. The van der Waals surface area contributed by atoms with Gasteiger partial charge in [0.25, 0.3) is 5.91 Å². The number of benzene rings is 1. The summed E-state index contributed by atoms with van der Waals surface area (Å²) in [5.74, 6) is 5.70. The smallest absolute Gasteiger partial charge is 0.296 e. The van der Waals surface area contributed by atoms with E-state index in [0.29, 0.717) is 12.4 Å². The van der Waals surface area contributed by atoms with Crippen molar-refractivity contribution < 1.29 is 4.79 Å². The number of hydrogen-bond acceptors (Lipinski definition) is 2. The Morgan fingerprint density at radius 2 is 2.18 bits per heavy atom. The van der Waals surface area contributed by atoms with Crippen LogP contribution in [0, 0.1) is 11.8 Å². The van der Waals surface area contributed by atoms with Gasteiger partial charge >= 0.3 is 0 Å². The summed E-state index contributed by atoms with van der Waals surface area (Å²) in [5.41, 5.74) is 0.820. The molecule has 2 rings (SSSR count). The number of hydrogen-bond donors (Lipinski definition) is 2. The molecular weight excluding hydrogens is 214 g/mol. The third-order valence-corrected chi connectivity index (χ3v) is 2.07. The first-order valence-electron chi connectivity index (χ1n) is 5.18. The van der Waals surface area contributed by atoms with Gasteiger partial charge in [-0.05, 0) is 12.1 Å². The van der Waals surface area contributed by atoms with Crippen molar-refractivity contribution in [2.75, 3.05) is 0 Å². The molecule has 4 heteroatoms. The number of carbonyl (C=O) groups is 1. The van der Waals surface area contributed by atoms with Crippen molar-refractivity contribution in [2.45, 2.75) is 6.54 Å². The average Bonchev–Trinajstić information content (AvgIpc) is 2.88. The molecule has 1 aromatic heterocycles. The summed E-state index contributed by atoms with van der Waals surface area (Å²) in [6.07, 6.45) is 3.34. The van der Waals surface area contributed by atoms with E-state index < -0.39 is 0 Å². The average molecular weight is 225 g/mol. The molecule has 1 aromatic carbocycles. The number of nitrogens with zero attached hydrogens (tertiary/aromatic N) is 1. The van der Waals surface area contributed by atoms with Crippen molar-refractivity contribution in [3.63, 3.8) is 0 Å². The molecular formula is C13H11N3O. The molecule has 2 N–H and O–H groups in total. The van der Waals surface area contributed by atoms with E-state index in [1.54, 1.807) is 12.4 Å². The Kier molecular flexibility index (Phi) is 3.56. The highest BCUT2D eigenvalue weighted by Gasteiger charge is 1.97. The van der Waals surface area contributed by atoms with Gasteiger partial charge < -0.3 is 10.3 Å². The predicted molar refractivity (Wildman–Crippen MR) is 63.8 cm³/mol. The second-order valence-electron chi connectivity index (χ2n) is 3.33. The second-order valence-corrected chi connectivity index (χ2v) is 3.33. The highest BCUT2D eigenvalue weighted by Crippen LogP contribution is 1.94. The zero-order chi connectivity index (χ0) is 11.9. The van der Waals surface area contributed by atoms with Crippen LogP contribution in [0.2, 0.25) is 0 Å². The quantitative estimate of drug-likeness (QED) is 0.751. The van der Waals surface area contributed by atoms with Crippen LogP contribution in [0.25, 0.3) is 0 Å². The lowest BCUT2D eigenvalue weighted by atomic mass is 10.2. The van der Waals surface area contributed by atoms with Crippen LogP contribution in [0.3, 0.4) is 0 Å². The summed E-state index contributed by atoms with van der Waals surface area (Å²) >= 11 is 0. The number of aromatic amines is 1. The minimum Gasteiger partial charge on any atom is -0.347 e. The van der Waals surface area contributed by atoms with E-state index in [4.69, 9.17) is 0 Å². The van der Waals surface area contributed by atoms with E-state index in [1.165, 1.54) is 0 Å². The lowest BCUT2D eigenvalue weighted by molar-refractivity contribution is -0.115. The minimum absolute atomic E-state index is 0.315. The first-order chi connectivity index (χ1) is 8.34. The van der Waals surface area contributed by atoms with Crippen LogP contribution in [0.1, 0.15) is 11.4 Å². The molecule has 0 unspecified atom stereocenters. The largest absolute Gasteiger partial charge is 0.347 e. The van der Waals surface area contributed by atoms with Gasteiger partial charge in [-0.15, -0.1) is 0 Å². The second kappa shape index (κ2) is 5.52. The van der Waals surface area contributed by atoms with Gasteiger partial charge in [0.05, 0.1) is 6.54 Å². The summed E-state index contributed by atoms with van der Waals surface area (Å²) in [6, 6.07) is 9.37. The Labute approximate surface area is 99.1 Å². The molecule has 0 aliphatic carbocycles. The van der Waals surface area contributed by atoms with Crippen molar-refractivity contribution in [2.24, 2.45) is 0 Å². The number of rotatable bonds is 2. The van der Waals surface area contributed by atoms with Gasteiger partial charge in [0.2, 0.25) is 0 Å². The third-order valence-electron chi connectivity index (χ3n) is 2.07. The zero-order valence-corrected chi connectivity index (χ0v) is 9.10. The minimum atomic E-state index is -0.315. The molecule has 2 aromatic rings. The van der Waals surface area contributed by atoms with Crippen molar-refractivity contribution in [3.05, 3.63) is 54.1 Å². The van der Waals surface area contributed by atoms with Crippen LogP contribution in [-0.2, 0) is 11.3 Å². The highest BCUT2D eigenvalue weighted by atomic mass is 16.1. The Hall–Kier alpha value is -2.54. The summed E-state index contributed by atoms with van der Waals surface area (Å²) in [7, 11) is 0. The van der Waals surface area contributed by atoms with Crippen LogP contribution in [0.15, 0.2) is 42.7 Å². The predicted octanol–water partition coefficient (Wildman–Crippen LogP) is 1.08. The van der Waals surface area contributed by atoms with Crippen molar-refractivity contribution in [3.8, 4) is 11.8 Å². The Morgan fingerprint density at radius 1 is 1.35 bits per heavy atom. The number of amides is 1. The SMILES string of the molecule is O=C(C#Cc1ccccc1)NCc1ncc[nH]1. The summed E-state index contributed by atoms with van der Waals surface area (Å²) < 4.78 is 0. The normalized spacial score (nSPS) is 9.18. The Bertz CT molecular complexity index is 535. The molecule has 0 radical (unpaired) electrons. The van der Waals surface area contributed by atoms with Crippen molar-refractivity contribution in [1.29, 1.82) is 0 Å². The summed E-state index contributed by atoms with van der Waals surface area (Å²) in [6.45, 7) is 0.356. The molecule has 17 heavy (non-hydrogen) atoms. The molecule has 0 bridgehead atoms. The van der Waals surface area contributed by atoms with Crippen LogP contribution >= 0.6 is 0 Å². The first kappa shape index (κ1) is 11.0. The van der Waals surface area contributed by atoms with Crippen LogP contribution in [0.5, 0.6) is 0 Å². The number of imidazole rings is 1. The molecule has 0 atom stereocenters. The molecule has 0 spiro atoms. The maximum atomic E-state index is 11.4. The fraction of sp³-hybridized carbons (Fsp3) is 0.0769. The number of aromatic nitrogens is 2. The molecule has 0 aliphatic rings. The first-order valence-corrected chi connectivity index (χ1v) is 5.18. The van der Waals surface area contributed by atoms with E-state index in [2.05, 4.69) is 27.1 Å². The van der Waals surface area contributed by atoms with Gasteiger partial charge in [-0.1, -0.05) is 24.1 Å². The molecule has 84 valence electrons. The number of carbonyl (C=O) groups excluding carboxylic acids is 1. The molecule has 1 amide bonds. The molecule has 0 fully saturated rings. The third kappa shape index (κ3) is 3.50. The monoisotopic (exact) mass is 225 g/mol. The highest BCUT2D eigenvalue weighted by molar-refractivity contribution is 5.93. The maximum absolute atomic E-state index is 11.4. The number of nitrogens with one attached hydrogen (secondary N) is 2. The van der Waals surface area contributed by atoms with E-state index in [9.17, 15) is 4.79 Å². The Morgan fingerprint density at radius 3 is 2.88 bits per heavy atom. The lowest BCUT2D eigenvalue weighted by Crippen LogP contribution is -2.21. The molecule has 0 saturated heterocycles. The summed E-state index contributed by atoms with van der Waals surface area (Å²) in [4.78, 5) is 18.3. The van der Waals surface area contributed by atoms with E-state index in [-0.39, 0.29) is 5.91 Å². The molecule has 0 aliphatic heterocycles. The van der Waals surface area contributed by atoms with E-state index in [0.717, 1.165) is 5.56 Å². The standard InChI is InChI=1S/C13H11N3O/c17-13(16-10-12-14-8-9-15-12)7-6-11-4-2-1-3-5-11/h1-5,8-9H,10H2,(H,14,15)(H,16,17). The van der Waals surface area contributed by atoms with E-state index >= 15 is 0 Å². The van der Waals surface area contributed by atoms with Gasteiger partial charge in [-0.25, -0.2) is 4.98 Å². The summed E-state index contributed by atoms with van der Waals surface area (Å²) in [5, 5.41) is 2.65. The van der Waals surface area contributed by atoms with Gasteiger partial charge in [-0.3, -0.25) is 4.79 Å². The number of H-pyrrole nitrogens is 1. The zero-order valence-electron chi connectivity index (χ0n) is 9.10. The van der Waals surface area contributed by atoms with Crippen LogP contribution in [0.4, 0.5) is 0 Å². The van der Waals surface area contributed by atoms with Crippen LogP contribution < -0.4 is 5.32 Å². The van der Waals surface area contributed by atoms with E-state index in [1.807, 2.05) is 30.3 Å². The fourth-order valence-corrected chi connectivity index (χ4v) is 1.25. The fourth-order valence-electron chi connectivity index (χ4n) is 1.25. The van der Waals surface area contributed by atoms with Crippen molar-refractivity contribution in [1.82, 2.24) is 15.3 Å². The Balaban J connectivity index is 1.88. The van der Waals surface area contributed by atoms with Crippen molar-refractivity contribution >= 4 is 5.91 Å². The van der Waals surface area contributed by atoms with Gasteiger partial charge in [0, 0.05) is 23.9 Å². The van der Waals surface area contributed by atoms with Gasteiger partial charge in [0.1, 0.15) is 5.82 Å². The van der Waals surface area contributed by atoms with Crippen LogP contribution in [-0.4, -0.2) is 15.9 Å². The van der Waals surface area contributed by atoms with Gasteiger partial charge in [-0.2, -0.15) is 0 Å². The molecule has 0 saturated carbocycles. The topological polar surface area (TPSA) is 57.8 Å². The lowest BCUT2D eigenvalue weighted by Gasteiger charge is -1.95. The molecule has 4 nitrogen and oxygen atoms in total. The van der Waals surface area contributed by atoms with Gasteiger partial charge in [0.15, 0.2) is 0 Å².